The van der Waals surface area contributed by atoms with Crippen molar-refractivity contribution in [2.24, 2.45) is 30.2 Å². The van der Waals surface area contributed by atoms with Gasteiger partial charge in [-0.25, -0.2) is 9.78 Å². The Labute approximate surface area is 259 Å². The number of benzene rings is 3. The number of rotatable bonds is 9. The van der Waals surface area contributed by atoms with E-state index >= 15 is 0 Å². The van der Waals surface area contributed by atoms with Crippen LogP contribution < -0.4 is 5.32 Å². The van der Waals surface area contributed by atoms with Gasteiger partial charge in [-0.1, -0.05) is 60.7 Å². The quantitative estimate of drug-likeness (QED) is 0.201. The van der Waals surface area contributed by atoms with Crippen LogP contribution in [0.1, 0.15) is 82.6 Å². The Morgan fingerprint density at radius 1 is 0.909 bits per heavy atom. The molecule has 0 unspecified atom stereocenters. The van der Waals surface area contributed by atoms with Gasteiger partial charge in [0, 0.05) is 18.3 Å². The lowest BCUT2D eigenvalue weighted by atomic mass is 9.48. The number of hydrogen-bond donors (Lipinski definition) is 1. The summed E-state index contributed by atoms with van der Waals surface area (Å²) in [6.07, 6.45) is 10.2. The first-order chi connectivity index (χ1) is 21.4. The summed E-state index contributed by atoms with van der Waals surface area (Å²) in [5.41, 5.74) is 5.87. The second-order valence-electron chi connectivity index (χ2n) is 13.6. The zero-order valence-corrected chi connectivity index (χ0v) is 25.7. The van der Waals surface area contributed by atoms with E-state index < -0.39 is 5.97 Å². The minimum Gasteiger partial charge on any atom is -0.457 e. The second kappa shape index (κ2) is 11.7. The molecule has 4 saturated carbocycles. The number of anilines is 1. The average Bonchev–Trinajstić information content (AvgIpc) is 3.35. The van der Waals surface area contributed by atoms with Crippen molar-refractivity contribution in [3.8, 4) is 11.4 Å². The molecule has 3 aromatic carbocycles. The number of nitrogens with one attached hydrogen (secondary N) is 1. The SMILES string of the molecule is Cc1ccccc1-c1nc(C(=O)Nc2cccc(C(=O)OCc3ccccc3)c2)c(CCC23CC4CC(CC(C4)C2)C3)n1C. The van der Waals surface area contributed by atoms with E-state index in [0.29, 0.717) is 22.4 Å². The first-order valence-corrected chi connectivity index (χ1v) is 16.1. The van der Waals surface area contributed by atoms with Crippen molar-refractivity contribution in [1.29, 1.82) is 0 Å². The fraction of sp³-hybridized carbons (Fsp3) is 0.395. The van der Waals surface area contributed by atoms with Crippen molar-refractivity contribution < 1.29 is 14.3 Å². The summed E-state index contributed by atoms with van der Waals surface area (Å²) in [4.78, 5) is 31.7. The third kappa shape index (κ3) is 5.70. The molecule has 44 heavy (non-hydrogen) atoms. The number of aryl methyl sites for hydroxylation is 1. The lowest BCUT2D eigenvalue weighted by molar-refractivity contribution is -0.0571. The minimum atomic E-state index is -0.430. The molecule has 0 saturated heterocycles. The van der Waals surface area contributed by atoms with Gasteiger partial charge in [0.25, 0.3) is 5.91 Å². The van der Waals surface area contributed by atoms with E-state index in [1.54, 1.807) is 24.3 Å². The Kier molecular flexibility index (Phi) is 7.61. The van der Waals surface area contributed by atoms with Crippen LogP contribution in [0, 0.1) is 30.1 Å². The molecule has 4 aliphatic carbocycles. The molecule has 0 atom stereocenters. The van der Waals surface area contributed by atoms with Crippen molar-refractivity contribution in [3.05, 3.63) is 107 Å². The van der Waals surface area contributed by atoms with Gasteiger partial charge < -0.3 is 14.6 Å². The van der Waals surface area contributed by atoms with E-state index in [1.807, 2.05) is 49.5 Å². The van der Waals surface area contributed by atoms with Crippen molar-refractivity contribution in [2.75, 3.05) is 5.32 Å². The Bertz CT molecular complexity index is 1650. The Balaban J connectivity index is 1.13. The molecule has 226 valence electrons. The standard InChI is InChI=1S/C38H41N3O3/c1-25-9-6-7-14-32(25)35-40-34(33(41(35)2)15-16-38-21-27-17-28(22-38)19-29(18-27)23-38)36(42)39-31-13-8-12-30(20-31)37(43)44-24-26-10-4-3-5-11-26/h3-14,20,27-29H,15-19,21-24H2,1-2H3,(H,39,42). The van der Waals surface area contributed by atoms with Crippen LogP contribution in [0.4, 0.5) is 5.69 Å². The predicted octanol–water partition coefficient (Wildman–Crippen LogP) is 8.15. The number of carbonyl (C=O) groups excluding carboxylic acids is 2. The lowest BCUT2D eigenvalue weighted by Gasteiger charge is -2.57. The molecule has 4 aliphatic rings. The first-order valence-electron chi connectivity index (χ1n) is 16.1. The van der Waals surface area contributed by atoms with E-state index in [0.717, 1.165) is 58.8 Å². The van der Waals surface area contributed by atoms with Crippen LogP contribution in [0.25, 0.3) is 11.4 Å². The number of hydrogen-bond acceptors (Lipinski definition) is 4. The topological polar surface area (TPSA) is 73.2 Å². The van der Waals surface area contributed by atoms with Crippen molar-refractivity contribution in [1.82, 2.24) is 9.55 Å². The molecule has 0 spiro atoms. The zero-order valence-electron chi connectivity index (χ0n) is 25.7. The molecule has 4 bridgehead atoms. The van der Waals surface area contributed by atoms with E-state index in [2.05, 4.69) is 28.9 Å². The normalized spacial score (nSPS) is 23.5. The smallest absolute Gasteiger partial charge is 0.338 e. The van der Waals surface area contributed by atoms with Crippen LogP contribution in [0.15, 0.2) is 78.9 Å². The molecular formula is C38H41N3O3. The van der Waals surface area contributed by atoms with Gasteiger partial charge in [0.15, 0.2) is 0 Å². The van der Waals surface area contributed by atoms with Gasteiger partial charge in [-0.3, -0.25) is 4.79 Å². The summed E-state index contributed by atoms with van der Waals surface area (Å²) in [5.74, 6) is 2.81. The number of ether oxygens (including phenoxy) is 1. The van der Waals surface area contributed by atoms with Gasteiger partial charge in [-0.05, 0) is 111 Å². The Morgan fingerprint density at radius 2 is 1.59 bits per heavy atom. The number of amides is 1. The van der Waals surface area contributed by atoms with Gasteiger partial charge in [0.2, 0.25) is 0 Å². The molecule has 1 N–H and O–H groups in total. The maximum Gasteiger partial charge on any atom is 0.338 e. The Morgan fingerprint density at radius 3 is 2.30 bits per heavy atom. The molecule has 4 aromatic rings. The largest absolute Gasteiger partial charge is 0.457 e. The van der Waals surface area contributed by atoms with Crippen LogP contribution in [0.2, 0.25) is 0 Å². The minimum absolute atomic E-state index is 0.193. The van der Waals surface area contributed by atoms with E-state index in [1.165, 1.54) is 38.5 Å². The van der Waals surface area contributed by atoms with Gasteiger partial charge in [-0.15, -0.1) is 0 Å². The third-order valence-electron chi connectivity index (χ3n) is 10.4. The van der Waals surface area contributed by atoms with Crippen molar-refractivity contribution >= 4 is 17.6 Å². The number of esters is 1. The molecule has 1 heterocycles. The summed E-state index contributed by atoms with van der Waals surface area (Å²) in [6, 6.07) is 24.7. The average molecular weight is 588 g/mol. The number of aromatic nitrogens is 2. The molecular weight excluding hydrogens is 546 g/mol. The fourth-order valence-electron chi connectivity index (χ4n) is 8.77. The number of carbonyl (C=O) groups is 2. The van der Waals surface area contributed by atoms with E-state index in [-0.39, 0.29) is 12.5 Å². The summed E-state index contributed by atoms with van der Waals surface area (Å²) in [5, 5.41) is 3.05. The maximum atomic E-state index is 13.9. The molecule has 6 nitrogen and oxygen atoms in total. The summed E-state index contributed by atoms with van der Waals surface area (Å²) < 4.78 is 7.66. The highest BCUT2D eigenvalue weighted by Crippen LogP contribution is 2.61. The molecule has 4 fully saturated rings. The van der Waals surface area contributed by atoms with Gasteiger partial charge in [0.1, 0.15) is 18.1 Å². The van der Waals surface area contributed by atoms with Crippen LogP contribution in [-0.4, -0.2) is 21.4 Å². The molecule has 0 aliphatic heterocycles. The van der Waals surface area contributed by atoms with Gasteiger partial charge in [0.05, 0.1) is 11.3 Å². The van der Waals surface area contributed by atoms with Gasteiger partial charge >= 0.3 is 5.97 Å². The van der Waals surface area contributed by atoms with E-state index in [4.69, 9.17) is 9.72 Å². The van der Waals surface area contributed by atoms with Crippen LogP contribution in [-0.2, 0) is 24.8 Å². The molecule has 1 amide bonds. The summed E-state index contributed by atoms with van der Waals surface area (Å²) in [7, 11) is 2.05. The molecule has 0 radical (unpaired) electrons. The second-order valence-corrected chi connectivity index (χ2v) is 13.6. The number of nitrogens with zero attached hydrogens (tertiary/aromatic N) is 2. The zero-order chi connectivity index (χ0) is 30.3. The van der Waals surface area contributed by atoms with Gasteiger partial charge in [-0.2, -0.15) is 0 Å². The third-order valence-corrected chi connectivity index (χ3v) is 10.4. The molecule has 1 aromatic heterocycles. The summed E-state index contributed by atoms with van der Waals surface area (Å²) in [6.45, 7) is 2.28. The van der Waals surface area contributed by atoms with Crippen LogP contribution in [0.5, 0.6) is 0 Å². The monoisotopic (exact) mass is 587 g/mol. The fourth-order valence-corrected chi connectivity index (χ4v) is 8.77. The highest BCUT2D eigenvalue weighted by molar-refractivity contribution is 6.05. The Hall–Kier alpha value is -4.19. The van der Waals surface area contributed by atoms with Crippen LogP contribution in [0.3, 0.4) is 0 Å². The molecule has 6 heteroatoms. The first kappa shape index (κ1) is 28.6. The molecule has 8 rings (SSSR count). The van der Waals surface area contributed by atoms with Crippen molar-refractivity contribution in [2.45, 2.75) is 64.9 Å². The number of imidazole rings is 1. The van der Waals surface area contributed by atoms with E-state index in [9.17, 15) is 9.59 Å². The predicted molar refractivity (Wildman–Crippen MR) is 172 cm³/mol. The van der Waals surface area contributed by atoms with Crippen molar-refractivity contribution in [3.63, 3.8) is 0 Å². The summed E-state index contributed by atoms with van der Waals surface area (Å²) >= 11 is 0. The maximum absolute atomic E-state index is 13.9. The highest BCUT2D eigenvalue weighted by Gasteiger charge is 2.50. The highest BCUT2D eigenvalue weighted by atomic mass is 16.5. The lowest BCUT2D eigenvalue weighted by Crippen LogP contribution is -2.46. The van der Waals surface area contributed by atoms with Crippen LogP contribution >= 0.6 is 0 Å².